The number of nitrogens with zero attached hydrogens (tertiary/aromatic N) is 1. The molecular formula is C15H18N2O2. The molecule has 1 aliphatic rings. The van der Waals surface area contributed by atoms with E-state index in [0.717, 1.165) is 30.6 Å². The molecule has 0 radical (unpaired) electrons. The molecule has 1 saturated heterocycles. The smallest absolute Gasteiger partial charge is 0.289 e. The predicted molar refractivity (Wildman–Crippen MR) is 74.3 cm³/mol. The van der Waals surface area contributed by atoms with E-state index in [1.54, 1.807) is 0 Å². The van der Waals surface area contributed by atoms with Gasteiger partial charge in [0.25, 0.3) is 5.91 Å². The highest BCUT2D eigenvalue weighted by Gasteiger charge is 2.24. The van der Waals surface area contributed by atoms with Crippen LogP contribution in [0.1, 0.15) is 23.0 Å². The van der Waals surface area contributed by atoms with E-state index in [2.05, 4.69) is 12.2 Å². The van der Waals surface area contributed by atoms with Crippen LogP contribution in [-0.2, 0) is 0 Å². The summed E-state index contributed by atoms with van der Waals surface area (Å²) in [6.45, 7) is 6.42. The molecule has 1 aromatic carbocycles. The topological polar surface area (TPSA) is 45.5 Å². The lowest BCUT2D eigenvalue weighted by atomic mass is 10.2. The van der Waals surface area contributed by atoms with Crippen molar-refractivity contribution in [2.75, 3.05) is 19.6 Å². The Labute approximate surface area is 112 Å². The molecular weight excluding hydrogens is 240 g/mol. The molecule has 0 spiro atoms. The van der Waals surface area contributed by atoms with E-state index in [1.807, 2.05) is 36.1 Å². The minimum absolute atomic E-state index is 0.0118. The molecule has 1 fully saturated rings. The fourth-order valence-electron chi connectivity index (χ4n) is 2.54. The van der Waals surface area contributed by atoms with Crippen LogP contribution in [0, 0.1) is 6.92 Å². The zero-order valence-corrected chi connectivity index (χ0v) is 11.3. The van der Waals surface area contributed by atoms with Crippen molar-refractivity contribution in [1.29, 1.82) is 0 Å². The van der Waals surface area contributed by atoms with E-state index in [0.29, 0.717) is 11.8 Å². The first-order valence-corrected chi connectivity index (χ1v) is 6.66. The quantitative estimate of drug-likeness (QED) is 0.852. The van der Waals surface area contributed by atoms with Crippen LogP contribution in [-0.4, -0.2) is 36.5 Å². The van der Waals surface area contributed by atoms with E-state index < -0.39 is 0 Å². The summed E-state index contributed by atoms with van der Waals surface area (Å²) in [5, 5.41) is 4.32. The van der Waals surface area contributed by atoms with E-state index in [4.69, 9.17) is 4.42 Å². The lowest BCUT2D eigenvalue weighted by molar-refractivity contribution is 0.0679. The number of nitrogens with one attached hydrogen (secondary N) is 1. The van der Waals surface area contributed by atoms with Gasteiger partial charge in [0, 0.05) is 31.1 Å². The zero-order chi connectivity index (χ0) is 13.4. The van der Waals surface area contributed by atoms with Crippen LogP contribution >= 0.6 is 0 Å². The van der Waals surface area contributed by atoms with E-state index >= 15 is 0 Å². The third-order valence-electron chi connectivity index (χ3n) is 3.54. The summed E-state index contributed by atoms with van der Waals surface area (Å²) < 4.78 is 5.66. The van der Waals surface area contributed by atoms with Gasteiger partial charge in [0.15, 0.2) is 5.76 Å². The predicted octanol–water partition coefficient (Wildman–Crippen LogP) is 2.18. The van der Waals surface area contributed by atoms with Gasteiger partial charge in [0.05, 0.1) is 0 Å². The number of carbonyl (C=O) groups excluding carboxylic acids is 1. The Morgan fingerprint density at radius 3 is 3.05 bits per heavy atom. The van der Waals surface area contributed by atoms with Crippen molar-refractivity contribution in [3.05, 3.63) is 35.6 Å². The molecule has 4 heteroatoms. The van der Waals surface area contributed by atoms with Crippen molar-refractivity contribution in [2.24, 2.45) is 0 Å². The number of hydrogen-bond acceptors (Lipinski definition) is 3. The number of amides is 1. The molecule has 19 heavy (non-hydrogen) atoms. The number of rotatable bonds is 1. The Morgan fingerprint density at radius 1 is 1.42 bits per heavy atom. The molecule has 0 aliphatic carbocycles. The molecule has 0 saturated carbocycles. The van der Waals surface area contributed by atoms with Crippen molar-refractivity contribution in [3.63, 3.8) is 0 Å². The molecule has 100 valence electrons. The number of benzene rings is 1. The van der Waals surface area contributed by atoms with Crippen LogP contribution in [0.15, 0.2) is 28.7 Å². The second-order valence-corrected chi connectivity index (χ2v) is 5.26. The fraction of sp³-hybridized carbons (Fsp3) is 0.400. The highest BCUT2D eigenvalue weighted by Crippen LogP contribution is 2.22. The van der Waals surface area contributed by atoms with Crippen molar-refractivity contribution in [2.45, 2.75) is 19.9 Å². The summed E-state index contributed by atoms with van der Waals surface area (Å²) >= 11 is 0. The van der Waals surface area contributed by atoms with Crippen LogP contribution < -0.4 is 5.32 Å². The molecule has 1 atom stereocenters. The maximum Gasteiger partial charge on any atom is 0.289 e. The SMILES string of the molecule is Cc1ccc2oc(C(=O)N3CCN[C@H](C)C3)cc2c1. The average Bonchev–Trinajstić information content (AvgIpc) is 2.80. The summed E-state index contributed by atoms with van der Waals surface area (Å²) in [5.74, 6) is 0.428. The van der Waals surface area contributed by atoms with Crippen LogP contribution in [0.5, 0.6) is 0 Å². The van der Waals surface area contributed by atoms with Crippen LogP contribution in [0.4, 0.5) is 0 Å². The largest absolute Gasteiger partial charge is 0.451 e. The molecule has 1 aliphatic heterocycles. The highest BCUT2D eigenvalue weighted by atomic mass is 16.3. The second-order valence-electron chi connectivity index (χ2n) is 5.26. The fourth-order valence-corrected chi connectivity index (χ4v) is 2.54. The molecule has 0 unspecified atom stereocenters. The Kier molecular flexibility index (Phi) is 3.03. The summed E-state index contributed by atoms with van der Waals surface area (Å²) in [4.78, 5) is 14.3. The maximum atomic E-state index is 12.4. The van der Waals surface area contributed by atoms with Gasteiger partial charge in [-0.25, -0.2) is 0 Å². The standard InChI is InChI=1S/C15H18N2O2/c1-10-3-4-13-12(7-10)8-14(19-13)15(18)17-6-5-16-11(2)9-17/h3-4,7-8,11,16H,5-6,9H2,1-2H3/t11-/m1/s1. The Morgan fingerprint density at radius 2 is 2.26 bits per heavy atom. The Bertz CT molecular complexity index is 618. The van der Waals surface area contributed by atoms with Crippen molar-refractivity contribution < 1.29 is 9.21 Å². The van der Waals surface area contributed by atoms with Crippen LogP contribution in [0.3, 0.4) is 0 Å². The molecule has 2 aromatic rings. The monoisotopic (exact) mass is 258 g/mol. The maximum absolute atomic E-state index is 12.4. The van der Waals surface area contributed by atoms with Crippen molar-refractivity contribution in [1.82, 2.24) is 10.2 Å². The van der Waals surface area contributed by atoms with Gasteiger partial charge < -0.3 is 14.6 Å². The van der Waals surface area contributed by atoms with Gasteiger partial charge in [0.1, 0.15) is 5.58 Å². The Balaban J connectivity index is 1.88. The highest BCUT2D eigenvalue weighted by molar-refractivity contribution is 5.96. The number of hydrogen-bond donors (Lipinski definition) is 1. The van der Waals surface area contributed by atoms with E-state index in [9.17, 15) is 4.79 Å². The van der Waals surface area contributed by atoms with Crippen molar-refractivity contribution in [3.8, 4) is 0 Å². The molecule has 1 amide bonds. The van der Waals surface area contributed by atoms with Crippen molar-refractivity contribution >= 4 is 16.9 Å². The zero-order valence-electron chi connectivity index (χ0n) is 11.3. The molecule has 4 nitrogen and oxygen atoms in total. The summed E-state index contributed by atoms with van der Waals surface area (Å²) in [6.07, 6.45) is 0. The van der Waals surface area contributed by atoms with Crippen LogP contribution in [0.25, 0.3) is 11.0 Å². The van der Waals surface area contributed by atoms with Crippen LogP contribution in [0.2, 0.25) is 0 Å². The third-order valence-corrected chi connectivity index (χ3v) is 3.54. The van der Waals surface area contributed by atoms with Gasteiger partial charge in [-0.05, 0) is 32.0 Å². The van der Waals surface area contributed by atoms with Gasteiger partial charge in [-0.3, -0.25) is 4.79 Å². The minimum Gasteiger partial charge on any atom is -0.451 e. The normalized spacial score (nSPS) is 19.9. The van der Waals surface area contributed by atoms with Gasteiger partial charge >= 0.3 is 0 Å². The number of piperazine rings is 1. The first-order valence-electron chi connectivity index (χ1n) is 6.66. The number of furan rings is 1. The molecule has 1 aromatic heterocycles. The van der Waals surface area contributed by atoms with Gasteiger partial charge in [-0.1, -0.05) is 11.6 Å². The number of carbonyl (C=O) groups is 1. The first-order chi connectivity index (χ1) is 9.13. The average molecular weight is 258 g/mol. The summed E-state index contributed by atoms with van der Waals surface area (Å²) in [5.41, 5.74) is 1.94. The summed E-state index contributed by atoms with van der Waals surface area (Å²) in [7, 11) is 0. The van der Waals surface area contributed by atoms with Gasteiger partial charge in [-0.15, -0.1) is 0 Å². The molecule has 2 heterocycles. The van der Waals surface area contributed by atoms with Gasteiger partial charge in [-0.2, -0.15) is 0 Å². The molecule has 3 rings (SSSR count). The molecule has 1 N–H and O–H groups in total. The Hall–Kier alpha value is -1.81. The molecule has 0 bridgehead atoms. The van der Waals surface area contributed by atoms with E-state index in [-0.39, 0.29) is 5.91 Å². The minimum atomic E-state index is -0.0118. The third kappa shape index (κ3) is 2.36. The lowest BCUT2D eigenvalue weighted by Gasteiger charge is -2.31. The first kappa shape index (κ1) is 12.2. The number of aryl methyl sites for hydroxylation is 1. The van der Waals surface area contributed by atoms with Gasteiger partial charge in [0.2, 0.25) is 0 Å². The van der Waals surface area contributed by atoms with E-state index in [1.165, 1.54) is 5.56 Å². The number of fused-ring (bicyclic) bond motifs is 1. The second kappa shape index (κ2) is 4.70. The lowest BCUT2D eigenvalue weighted by Crippen LogP contribution is -2.51. The summed E-state index contributed by atoms with van der Waals surface area (Å²) in [6, 6.07) is 8.13.